The van der Waals surface area contributed by atoms with Crippen molar-refractivity contribution in [3.05, 3.63) is 69.7 Å². The van der Waals surface area contributed by atoms with Crippen LogP contribution in [0.25, 0.3) is 0 Å². The molecule has 0 bridgehead atoms. The molecular weight excluding hydrogens is 482 g/mol. The standard InChI is InChI=1S/C26H30ClN5O2S/c27-22-6-1-19(2-7-22)5-10-24-29-30-26(35-24)28-16-21-15-25(33)32(18-21)23-8-3-20(4-9-23)17-31-11-13-34-14-12-31/h1-4,6-9,21H,5,10-18H2,(H,28,30). The molecule has 2 aliphatic heterocycles. The highest BCUT2D eigenvalue weighted by Gasteiger charge is 2.30. The second-order valence-corrected chi connectivity index (χ2v) is 10.6. The summed E-state index contributed by atoms with van der Waals surface area (Å²) in [6, 6.07) is 16.3. The van der Waals surface area contributed by atoms with E-state index in [2.05, 4.69) is 44.7 Å². The highest BCUT2D eigenvalue weighted by atomic mass is 35.5. The number of ether oxygens (including phenoxy) is 1. The van der Waals surface area contributed by atoms with Gasteiger partial charge in [0.1, 0.15) is 5.01 Å². The van der Waals surface area contributed by atoms with Gasteiger partial charge in [-0.2, -0.15) is 0 Å². The van der Waals surface area contributed by atoms with Crippen molar-refractivity contribution in [1.82, 2.24) is 15.1 Å². The van der Waals surface area contributed by atoms with E-state index in [1.165, 1.54) is 11.1 Å². The Hall–Kier alpha value is -2.52. The van der Waals surface area contributed by atoms with Crippen LogP contribution in [0.5, 0.6) is 0 Å². The Labute approximate surface area is 215 Å². The molecule has 0 saturated carbocycles. The van der Waals surface area contributed by atoms with Crippen LogP contribution >= 0.6 is 22.9 Å². The van der Waals surface area contributed by atoms with Crippen LogP contribution in [0.1, 0.15) is 22.6 Å². The van der Waals surface area contributed by atoms with Gasteiger partial charge in [-0.05, 0) is 41.8 Å². The van der Waals surface area contributed by atoms with E-state index < -0.39 is 0 Å². The lowest BCUT2D eigenvalue weighted by Crippen LogP contribution is -2.35. The first-order chi connectivity index (χ1) is 17.1. The molecule has 5 rings (SSSR count). The van der Waals surface area contributed by atoms with Gasteiger partial charge in [0.15, 0.2) is 0 Å². The molecule has 2 fully saturated rings. The normalized spacial score (nSPS) is 18.8. The smallest absolute Gasteiger partial charge is 0.227 e. The number of carbonyl (C=O) groups is 1. The van der Waals surface area contributed by atoms with Crippen molar-refractivity contribution in [1.29, 1.82) is 0 Å². The van der Waals surface area contributed by atoms with Crippen molar-refractivity contribution in [2.24, 2.45) is 5.92 Å². The van der Waals surface area contributed by atoms with E-state index in [1.54, 1.807) is 11.3 Å². The monoisotopic (exact) mass is 511 g/mol. The minimum Gasteiger partial charge on any atom is -0.379 e. The van der Waals surface area contributed by atoms with Gasteiger partial charge >= 0.3 is 0 Å². The number of carbonyl (C=O) groups excluding carboxylic acids is 1. The largest absolute Gasteiger partial charge is 0.379 e. The van der Waals surface area contributed by atoms with Gasteiger partial charge < -0.3 is 15.0 Å². The molecule has 9 heteroatoms. The van der Waals surface area contributed by atoms with E-state index in [-0.39, 0.29) is 11.8 Å². The van der Waals surface area contributed by atoms with E-state index >= 15 is 0 Å². The fourth-order valence-electron chi connectivity index (χ4n) is 4.53. The first-order valence-corrected chi connectivity index (χ1v) is 13.3. The first kappa shape index (κ1) is 24.2. The lowest BCUT2D eigenvalue weighted by Gasteiger charge is -2.26. The van der Waals surface area contributed by atoms with Crippen molar-refractivity contribution in [2.75, 3.05) is 49.6 Å². The van der Waals surface area contributed by atoms with Crippen LogP contribution in [0.2, 0.25) is 5.02 Å². The minimum absolute atomic E-state index is 0.179. The molecule has 1 unspecified atom stereocenters. The zero-order valence-corrected chi connectivity index (χ0v) is 21.2. The zero-order chi connectivity index (χ0) is 24.0. The molecule has 1 amide bonds. The summed E-state index contributed by atoms with van der Waals surface area (Å²) in [5.74, 6) is 0.426. The molecular formula is C26H30ClN5O2S. The Morgan fingerprint density at radius 1 is 1.00 bits per heavy atom. The molecule has 0 spiro atoms. The molecule has 7 nitrogen and oxygen atoms in total. The summed E-state index contributed by atoms with van der Waals surface area (Å²) < 4.78 is 5.42. The quantitative estimate of drug-likeness (QED) is 0.462. The fourth-order valence-corrected chi connectivity index (χ4v) is 5.40. The topological polar surface area (TPSA) is 70.6 Å². The van der Waals surface area contributed by atoms with E-state index in [4.69, 9.17) is 16.3 Å². The van der Waals surface area contributed by atoms with E-state index in [0.29, 0.717) is 13.0 Å². The number of hydrogen-bond acceptors (Lipinski definition) is 7. The number of aromatic nitrogens is 2. The van der Waals surface area contributed by atoms with Crippen LogP contribution in [0.3, 0.4) is 0 Å². The molecule has 0 radical (unpaired) electrons. The third-order valence-electron chi connectivity index (χ3n) is 6.51. The van der Waals surface area contributed by atoms with Crippen LogP contribution in [-0.4, -0.2) is 60.4 Å². The average Bonchev–Trinajstić information content (AvgIpc) is 3.49. The first-order valence-electron chi connectivity index (χ1n) is 12.1. The molecule has 2 aromatic carbocycles. The van der Waals surface area contributed by atoms with Gasteiger partial charge in [-0.3, -0.25) is 9.69 Å². The number of hydrogen-bond donors (Lipinski definition) is 1. The highest BCUT2D eigenvalue weighted by molar-refractivity contribution is 7.15. The van der Waals surface area contributed by atoms with Crippen molar-refractivity contribution in [2.45, 2.75) is 25.8 Å². The molecule has 2 saturated heterocycles. The zero-order valence-electron chi connectivity index (χ0n) is 19.7. The van der Waals surface area contributed by atoms with Crippen LogP contribution < -0.4 is 10.2 Å². The summed E-state index contributed by atoms with van der Waals surface area (Å²) in [4.78, 5) is 17.0. The third-order valence-corrected chi connectivity index (χ3v) is 7.71. The SMILES string of the molecule is O=C1CC(CNc2nnc(CCc3ccc(Cl)cc3)s2)CN1c1ccc(CN2CCOCC2)cc1. The summed E-state index contributed by atoms with van der Waals surface area (Å²) >= 11 is 7.54. The van der Waals surface area contributed by atoms with Crippen molar-refractivity contribution < 1.29 is 9.53 Å². The van der Waals surface area contributed by atoms with Crippen molar-refractivity contribution in [3.8, 4) is 0 Å². The van der Waals surface area contributed by atoms with Gasteiger partial charge in [0, 0.05) is 62.2 Å². The fraction of sp³-hybridized carbons (Fsp3) is 0.423. The number of benzene rings is 2. The number of halogens is 1. The maximum absolute atomic E-state index is 12.7. The number of amides is 1. The maximum atomic E-state index is 12.7. The Kier molecular flexibility index (Phi) is 7.93. The van der Waals surface area contributed by atoms with Gasteiger partial charge in [-0.1, -0.05) is 47.2 Å². The second-order valence-electron chi connectivity index (χ2n) is 9.14. The van der Waals surface area contributed by atoms with E-state index in [1.807, 2.05) is 29.2 Å². The summed E-state index contributed by atoms with van der Waals surface area (Å²) in [7, 11) is 0. The van der Waals surface area contributed by atoms with E-state index in [0.717, 1.165) is 73.1 Å². The third kappa shape index (κ3) is 6.58. The number of rotatable bonds is 9. The molecule has 2 aliphatic rings. The highest BCUT2D eigenvalue weighted by Crippen LogP contribution is 2.27. The molecule has 184 valence electrons. The van der Waals surface area contributed by atoms with Gasteiger partial charge in [0.05, 0.1) is 13.2 Å². The lowest BCUT2D eigenvalue weighted by atomic mass is 10.1. The molecule has 1 atom stereocenters. The molecule has 1 N–H and O–H groups in total. The minimum atomic E-state index is 0.179. The number of anilines is 2. The van der Waals surface area contributed by atoms with Crippen LogP contribution in [0, 0.1) is 5.92 Å². The predicted octanol–water partition coefficient (Wildman–Crippen LogP) is 4.27. The van der Waals surface area contributed by atoms with Gasteiger partial charge in [0.2, 0.25) is 11.0 Å². The number of morpholine rings is 1. The summed E-state index contributed by atoms with van der Waals surface area (Å²) in [6.07, 6.45) is 2.30. The van der Waals surface area contributed by atoms with Crippen LogP contribution in [0.15, 0.2) is 48.5 Å². The second kappa shape index (κ2) is 11.5. The predicted molar refractivity (Wildman–Crippen MR) is 140 cm³/mol. The van der Waals surface area contributed by atoms with Crippen LogP contribution in [0.4, 0.5) is 10.8 Å². The summed E-state index contributed by atoms with van der Waals surface area (Å²) in [5.41, 5.74) is 3.48. The average molecular weight is 512 g/mol. The Bertz CT molecular complexity index is 1120. The molecule has 3 heterocycles. The van der Waals surface area contributed by atoms with Crippen LogP contribution in [-0.2, 0) is 28.9 Å². The maximum Gasteiger partial charge on any atom is 0.227 e. The van der Waals surface area contributed by atoms with Gasteiger partial charge in [-0.25, -0.2) is 0 Å². The number of nitrogens with zero attached hydrogens (tertiary/aromatic N) is 4. The lowest BCUT2D eigenvalue weighted by molar-refractivity contribution is -0.117. The Balaban J connectivity index is 1.08. The number of nitrogens with one attached hydrogen (secondary N) is 1. The Morgan fingerprint density at radius 3 is 2.51 bits per heavy atom. The molecule has 0 aliphatic carbocycles. The molecule has 35 heavy (non-hydrogen) atoms. The van der Waals surface area contributed by atoms with Crippen molar-refractivity contribution >= 4 is 39.7 Å². The van der Waals surface area contributed by atoms with Gasteiger partial charge in [-0.15, -0.1) is 10.2 Å². The Morgan fingerprint density at radius 2 is 1.74 bits per heavy atom. The molecule has 1 aromatic heterocycles. The van der Waals surface area contributed by atoms with Crippen molar-refractivity contribution in [3.63, 3.8) is 0 Å². The summed E-state index contributed by atoms with van der Waals surface area (Å²) in [5, 5.41) is 14.6. The van der Waals surface area contributed by atoms with Gasteiger partial charge in [0.25, 0.3) is 0 Å². The molecule has 3 aromatic rings. The summed E-state index contributed by atoms with van der Waals surface area (Å²) in [6.45, 7) is 5.90. The van der Waals surface area contributed by atoms with E-state index in [9.17, 15) is 4.79 Å². The number of aryl methyl sites for hydroxylation is 2.